The van der Waals surface area contributed by atoms with Gasteiger partial charge in [0.1, 0.15) is 23.2 Å². The zero-order valence-electron chi connectivity index (χ0n) is 15.5. The van der Waals surface area contributed by atoms with Gasteiger partial charge in [0.2, 0.25) is 5.95 Å². The number of anilines is 3. The molecule has 1 heterocycles. The van der Waals surface area contributed by atoms with Crippen molar-refractivity contribution >= 4 is 23.4 Å². The molecule has 30 heavy (non-hydrogen) atoms. The van der Waals surface area contributed by atoms with Crippen molar-refractivity contribution in [3.8, 4) is 5.75 Å². The molecule has 164 valence electrons. The molecule has 0 spiro atoms. The molecule has 1 aromatic heterocycles. The van der Waals surface area contributed by atoms with E-state index in [1.807, 2.05) is 5.32 Å². The molecule has 0 aliphatic heterocycles. The molecule has 2 rings (SSSR count). The predicted molar refractivity (Wildman–Crippen MR) is 97.1 cm³/mol. The van der Waals surface area contributed by atoms with Crippen LogP contribution in [0.5, 0.6) is 5.75 Å². The van der Waals surface area contributed by atoms with Crippen molar-refractivity contribution in [2.75, 3.05) is 24.3 Å². The van der Waals surface area contributed by atoms with Crippen molar-refractivity contribution in [3.05, 3.63) is 35.5 Å². The first-order valence-electron chi connectivity index (χ1n) is 8.39. The van der Waals surface area contributed by atoms with E-state index in [2.05, 4.69) is 15.3 Å². The van der Waals surface area contributed by atoms with Gasteiger partial charge in [-0.15, -0.1) is 0 Å². The molecule has 0 fully saturated rings. The lowest BCUT2D eigenvalue weighted by Crippen LogP contribution is -2.32. The molecule has 0 bridgehead atoms. The summed E-state index contributed by atoms with van der Waals surface area (Å²) >= 11 is 0. The van der Waals surface area contributed by atoms with Gasteiger partial charge in [-0.1, -0.05) is 6.07 Å². The van der Waals surface area contributed by atoms with Crippen LogP contribution in [0, 0.1) is 0 Å². The van der Waals surface area contributed by atoms with Gasteiger partial charge in [-0.2, -0.15) is 18.2 Å². The van der Waals surface area contributed by atoms with E-state index in [0.29, 0.717) is 11.8 Å². The number of nitrogens with one attached hydrogen (secondary N) is 2. The highest BCUT2D eigenvalue weighted by Gasteiger charge is 2.35. The number of methoxy groups -OCH3 is 1. The number of carboxylic acids is 1. The highest BCUT2D eigenvalue weighted by atomic mass is 19.4. The number of nitrogens with two attached hydrogens (primary N) is 1. The van der Waals surface area contributed by atoms with Crippen LogP contribution in [0.2, 0.25) is 0 Å². The molecule has 0 saturated heterocycles. The second kappa shape index (κ2) is 9.52. The maximum Gasteiger partial charge on any atom is 0.421 e. The summed E-state index contributed by atoms with van der Waals surface area (Å²) in [5, 5.41) is 13.5. The van der Waals surface area contributed by atoms with Gasteiger partial charge >= 0.3 is 12.1 Å². The van der Waals surface area contributed by atoms with Gasteiger partial charge in [0.25, 0.3) is 6.43 Å². The Morgan fingerprint density at radius 2 is 2.03 bits per heavy atom. The second-order valence-corrected chi connectivity index (χ2v) is 6.03. The smallest absolute Gasteiger partial charge is 0.421 e. The third kappa shape index (κ3) is 6.14. The van der Waals surface area contributed by atoms with Crippen LogP contribution >= 0.6 is 0 Å². The number of nitrogens with zero attached hydrogens (tertiary/aromatic N) is 2. The minimum atomic E-state index is -4.84. The molecule has 0 aliphatic carbocycles. The number of halogens is 5. The Balaban J connectivity index is 2.30. The number of alkyl halides is 5. The molecular weight excluding hydrogens is 417 g/mol. The van der Waals surface area contributed by atoms with Crippen LogP contribution in [0.25, 0.3) is 0 Å². The number of hydrogen-bond acceptors (Lipinski definition) is 7. The quantitative estimate of drug-likeness (QED) is 0.444. The van der Waals surface area contributed by atoms with E-state index in [0.717, 1.165) is 0 Å². The van der Waals surface area contributed by atoms with Crippen LogP contribution in [-0.2, 0) is 17.4 Å². The number of benzene rings is 1. The number of ether oxygens (including phenoxy) is 1. The Morgan fingerprint density at radius 3 is 2.60 bits per heavy atom. The van der Waals surface area contributed by atoms with E-state index in [-0.39, 0.29) is 23.8 Å². The molecule has 1 aromatic carbocycles. The largest absolute Gasteiger partial charge is 0.495 e. The normalized spacial score (nSPS) is 12.5. The zero-order valence-corrected chi connectivity index (χ0v) is 15.5. The maximum atomic E-state index is 13.1. The van der Waals surface area contributed by atoms with Crippen LogP contribution in [0.15, 0.2) is 24.4 Å². The first kappa shape index (κ1) is 23.1. The first-order valence-corrected chi connectivity index (χ1v) is 8.39. The number of rotatable bonds is 9. The molecule has 0 saturated carbocycles. The van der Waals surface area contributed by atoms with Gasteiger partial charge in [0.05, 0.1) is 19.3 Å². The topological polar surface area (TPSA) is 122 Å². The summed E-state index contributed by atoms with van der Waals surface area (Å²) in [5.74, 6) is -2.06. The first-order chi connectivity index (χ1) is 14.0. The molecule has 0 aliphatic rings. The highest BCUT2D eigenvalue weighted by molar-refractivity contribution is 5.73. The molecule has 2 aromatic rings. The predicted octanol–water partition coefficient (Wildman–Crippen LogP) is 2.88. The minimum absolute atomic E-state index is 0.0183. The highest BCUT2D eigenvalue weighted by Crippen LogP contribution is 2.35. The van der Waals surface area contributed by atoms with Crippen molar-refractivity contribution < 1.29 is 36.6 Å². The molecule has 0 radical (unpaired) electrons. The van der Waals surface area contributed by atoms with Gasteiger partial charge in [-0.25, -0.2) is 13.8 Å². The van der Waals surface area contributed by atoms with Gasteiger partial charge in [-0.3, -0.25) is 4.79 Å². The van der Waals surface area contributed by atoms with E-state index in [4.69, 9.17) is 15.6 Å². The standard InChI is InChI=1S/C17H18F5N5O3/c1-30-12-5-8(4-10(23)15(28)29)2-3-11(12)26-16-25-6-9(17(20,21)22)14(27-16)24-7-13(18)19/h2-3,5-6,10,13H,4,7,23H2,1H3,(H,28,29)(H2,24,25,26,27)/t10-/m0/s1. The second-order valence-electron chi connectivity index (χ2n) is 6.03. The molecular formula is C17H18F5N5O3. The summed E-state index contributed by atoms with van der Waals surface area (Å²) < 4.78 is 69.2. The van der Waals surface area contributed by atoms with Gasteiger partial charge in [0.15, 0.2) is 0 Å². The average molecular weight is 435 g/mol. The monoisotopic (exact) mass is 435 g/mol. The zero-order chi connectivity index (χ0) is 22.5. The van der Waals surface area contributed by atoms with Crippen molar-refractivity contribution in [2.45, 2.75) is 25.1 Å². The maximum absolute atomic E-state index is 13.1. The number of carboxylic acid groups (broad SMARTS) is 1. The molecule has 0 amide bonds. The Labute approximate surface area is 167 Å². The van der Waals surface area contributed by atoms with Crippen LogP contribution in [0.4, 0.5) is 39.4 Å². The molecule has 5 N–H and O–H groups in total. The van der Waals surface area contributed by atoms with Crippen molar-refractivity contribution in [1.82, 2.24) is 9.97 Å². The van der Waals surface area contributed by atoms with Crippen LogP contribution < -0.4 is 21.1 Å². The lowest BCUT2D eigenvalue weighted by Gasteiger charge is -2.16. The SMILES string of the molecule is COc1cc(C[C@H](N)C(=O)O)ccc1Nc1ncc(C(F)(F)F)c(NCC(F)F)n1. The van der Waals surface area contributed by atoms with E-state index in [1.54, 1.807) is 0 Å². The van der Waals surface area contributed by atoms with E-state index >= 15 is 0 Å². The third-order valence-corrected chi connectivity index (χ3v) is 3.80. The Hall–Kier alpha value is -3.22. The Bertz CT molecular complexity index is 895. The average Bonchev–Trinajstić information content (AvgIpc) is 2.66. The summed E-state index contributed by atoms with van der Waals surface area (Å²) in [5.41, 5.74) is 4.99. The Kier molecular flexibility index (Phi) is 7.32. The van der Waals surface area contributed by atoms with Crippen molar-refractivity contribution in [3.63, 3.8) is 0 Å². The van der Waals surface area contributed by atoms with Crippen LogP contribution in [0.1, 0.15) is 11.1 Å². The minimum Gasteiger partial charge on any atom is -0.495 e. The van der Waals surface area contributed by atoms with E-state index < -0.39 is 42.5 Å². The van der Waals surface area contributed by atoms with Gasteiger partial charge < -0.3 is 26.2 Å². The van der Waals surface area contributed by atoms with Gasteiger partial charge in [0, 0.05) is 6.20 Å². The molecule has 13 heteroatoms. The third-order valence-electron chi connectivity index (χ3n) is 3.80. The summed E-state index contributed by atoms with van der Waals surface area (Å²) in [7, 11) is 1.32. The number of carbonyl (C=O) groups is 1. The summed E-state index contributed by atoms with van der Waals surface area (Å²) in [6.07, 6.45) is -7.24. The van der Waals surface area contributed by atoms with E-state index in [9.17, 15) is 26.7 Å². The number of aliphatic carboxylic acids is 1. The fourth-order valence-corrected chi connectivity index (χ4v) is 2.39. The number of aromatic nitrogens is 2. The Morgan fingerprint density at radius 1 is 1.33 bits per heavy atom. The van der Waals surface area contributed by atoms with E-state index in [1.165, 1.54) is 25.3 Å². The van der Waals surface area contributed by atoms with Gasteiger partial charge in [-0.05, 0) is 24.1 Å². The lowest BCUT2D eigenvalue weighted by molar-refractivity contribution is -0.139. The summed E-state index contributed by atoms with van der Waals surface area (Å²) in [4.78, 5) is 18.1. The fraction of sp³-hybridized carbons (Fsp3) is 0.353. The van der Waals surface area contributed by atoms with Crippen molar-refractivity contribution in [1.29, 1.82) is 0 Å². The molecule has 0 unspecified atom stereocenters. The molecule has 1 atom stereocenters. The van der Waals surface area contributed by atoms with Crippen molar-refractivity contribution in [2.24, 2.45) is 5.73 Å². The lowest BCUT2D eigenvalue weighted by atomic mass is 10.1. The fourth-order valence-electron chi connectivity index (χ4n) is 2.39. The summed E-state index contributed by atoms with van der Waals surface area (Å²) in [6.45, 7) is -1.03. The molecule has 8 nitrogen and oxygen atoms in total. The number of hydrogen-bond donors (Lipinski definition) is 4. The van der Waals surface area contributed by atoms with Crippen LogP contribution in [0.3, 0.4) is 0 Å². The summed E-state index contributed by atoms with van der Waals surface area (Å²) in [6, 6.07) is 3.37. The van der Waals surface area contributed by atoms with Crippen LogP contribution in [-0.4, -0.2) is 47.2 Å².